The molecule has 0 radical (unpaired) electrons. The van der Waals surface area contributed by atoms with E-state index in [-0.39, 0.29) is 0 Å². The minimum Gasteiger partial charge on any atom is -0.399 e. The van der Waals surface area contributed by atoms with Crippen molar-refractivity contribution in [1.29, 1.82) is 0 Å². The summed E-state index contributed by atoms with van der Waals surface area (Å²) >= 11 is 0. The second kappa shape index (κ2) is 6.89. The van der Waals surface area contributed by atoms with Gasteiger partial charge in [0.05, 0.1) is 0 Å². The molecule has 0 amide bonds. The number of hydrogen-bond donors (Lipinski definition) is 1. The van der Waals surface area contributed by atoms with Gasteiger partial charge in [-0.15, -0.1) is 0 Å². The maximum absolute atomic E-state index is 5.89. The van der Waals surface area contributed by atoms with Crippen LogP contribution in [0.3, 0.4) is 0 Å². The standard InChI is InChI=1S/C15H23N/c1-7-12(5)9-14(13(6)8-2)10-15(16)11(3)4/h7,9-10H,3,6,8,16H2,1-2,4-5H3/b12-7-,14-9+,15-10+. The first-order valence-electron chi connectivity index (χ1n) is 5.58. The third-order valence-corrected chi connectivity index (χ3v) is 2.48. The lowest BCUT2D eigenvalue weighted by molar-refractivity contribution is 1.12. The van der Waals surface area contributed by atoms with E-state index in [1.807, 2.05) is 19.9 Å². The fraction of sp³-hybridized carbons (Fsp3) is 0.333. The average Bonchev–Trinajstić information content (AvgIpc) is 2.26. The van der Waals surface area contributed by atoms with E-state index in [1.165, 1.54) is 5.57 Å². The lowest BCUT2D eigenvalue weighted by Gasteiger charge is -2.07. The van der Waals surface area contributed by atoms with Gasteiger partial charge in [0.25, 0.3) is 0 Å². The van der Waals surface area contributed by atoms with Crippen molar-refractivity contribution >= 4 is 0 Å². The zero-order chi connectivity index (χ0) is 12.7. The van der Waals surface area contributed by atoms with Gasteiger partial charge < -0.3 is 5.73 Å². The predicted octanol–water partition coefficient (Wildman–Crippen LogP) is 4.26. The number of allylic oxidation sites excluding steroid dienone is 7. The largest absolute Gasteiger partial charge is 0.399 e. The minimum absolute atomic E-state index is 0.713. The summed E-state index contributed by atoms with van der Waals surface area (Å²) in [4.78, 5) is 0. The molecular weight excluding hydrogens is 194 g/mol. The molecule has 1 heteroatoms. The maximum atomic E-state index is 5.89. The summed E-state index contributed by atoms with van der Waals surface area (Å²) in [6, 6.07) is 0. The molecule has 0 bridgehead atoms. The smallest absolute Gasteiger partial charge is 0.0343 e. The SMILES string of the molecule is C=C(C)\C(N)=C/C(=C\C(C)=C/C)C(=C)CC. The molecule has 0 spiro atoms. The Bertz CT molecular complexity index is 365. The van der Waals surface area contributed by atoms with Crippen LogP contribution in [0.2, 0.25) is 0 Å². The van der Waals surface area contributed by atoms with Gasteiger partial charge in [0, 0.05) is 5.70 Å². The van der Waals surface area contributed by atoms with E-state index in [9.17, 15) is 0 Å². The van der Waals surface area contributed by atoms with Crippen molar-refractivity contribution in [1.82, 2.24) is 0 Å². The van der Waals surface area contributed by atoms with Gasteiger partial charge in [0.1, 0.15) is 0 Å². The van der Waals surface area contributed by atoms with Gasteiger partial charge in [-0.1, -0.05) is 37.8 Å². The van der Waals surface area contributed by atoms with Crippen LogP contribution in [0.15, 0.2) is 59.4 Å². The first-order chi connectivity index (χ1) is 7.42. The lowest BCUT2D eigenvalue weighted by atomic mass is 10.0. The molecule has 0 aliphatic heterocycles. The Hall–Kier alpha value is -1.50. The fourth-order valence-corrected chi connectivity index (χ4v) is 1.07. The number of nitrogens with two attached hydrogens (primary N) is 1. The summed E-state index contributed by atoms with van der Waals surface area (Å²) < 4.78 is 0. The lowest BCUT2D eigenvalue weighted by Crippen LogP contribution is -1.99. The van der Waals surface area contributed by atoms with Crippen molar-refractivity contribution in [3.8, 4) is 0 Å². The highest BCUT2D eigenvalue weighted by molar-refractivity contribution is 5.46. The highest BCUT2D eigenvalue weighted by Gasteiger charge is 2.00. The van der Waals surface area contributed by atoms with Crippen molar-refractivity contribution in [3.63, 3.8) is 0 Å². The van der Waals surface area contributed by atoms with Crippen LogP contribution in [-0.4, -0.2) is 0 Å². The van der Waals surface area contributed by atoms with Gasteiger partial charge in [-0.25, -0.2) is 0 Å². The van der Waals surface area contributed by atoms with Crippen molar-refractivity contribution < 1.29 is 0 Å². The molecular formula is C15H23N. The molecule has 0 saturated heterocycles. The molecule has 0 heterocycles. The number of hydrogen-bond acceptors (Lipinski definition) is 1. The Morgan fingerprint density at radius 1 is 1.19 bits per heavy atom. The molecule has 16 heavy (non-hydrogen) atoms. The quantitative estimate of drug-likeness (QED) is 0.684. The molecule has 0 unspecified atom stereocenters. The topological polar surface area (TPSA) is 26.0 Å². The highest BCUT2D eigenvalue weighted by atomic mass is 14.6. The molecule has 0 aromatic carbocycles. The highest BCUT2D eigenvalue weighted by Crippen LogP contribution is 2.18. The molecule has 0 aromatic rings. The molecule has 0 atom stereocenters. The summed E-state index contributed by atoms with van der Waals surface area (Å²) in [7, 11) is 0. The van der Waals surface area contributed by atoms with Gasteiger partial charge in [0.15, 0.2) is 0 Å². The Labute approximate surface area is 99.7 Å². The molecule has 0 saturated carbocycles. The summed E-state index contributed by atoms with van der Waals surface area (Å²) in [5.41, 5.74) is 10.9. The third-order valence-electron chi connectivity index (χ3n) is 2.48. The second-order valence-electron chi connectivity index (χ2n) is 3.97. The van der Waals surface area contributed by atoms with Crippen LogP contribution in [0.1, 0.15) is 34.1 Å². The Morgan fingerprint density at radius 3 is 2.12 bits per heavy atom. The monoisotopic (exact) mass is 217 g/mol. The summed E-state index contributed by atoms with van der Waals surface area (Å²) in [6.45, 7) is 15.9. The van der Waals surface area contributed by atoms with Gasteiger partial charge >= 0.3 is 0 Å². The van der Waals surface area contributed by atoms with E-state index in [1.54, 1.807) is 0 Å². The first-order valence-corrected chi connectivity index (χ1v) is 5.58. The van der Waals surface area contributed by atoms with Gasteiger partial charge in [-0.05, 0) is 50.0 Å². The fourth-order valence-electron chi connectivity index (χ4n) is 1.07. The molecule has 0 rings (SSSR count). The Kier molecular flexibility index (Phi) is 6.24. The average molecular weight is 217 g/mol. The van der Waals surface area contributed by atoms with E-state index in [0.717, 1.165) is 23.1 Å². The van der Waals surface area contributed by atoms with Gasteiger partial charge in [-0.2, -0.15) is 0 Å². The normalized spacial score (nSPS) is 13.9. The molecule has 0 fully saturated rings. The second-order valence-corrected chi connectivity index (χ2v) is 3.97. The minimum atomic E-state index is 0.713. The molecule has 88 valence electrons. The molecule has 0 aromatic heterocycles. The number of rotatable bonds is 5. The van der Waals surface area contributed by atoms with Crippen LogP contribution < -0.4 is 5.73 Å². The van der Waals surface area contributed by atoms with E-state index < -0.39 is 0 Å². The van der Waals surface area contributed by atoms with E-state index >= 15 is 0 Å². The third kappa shape index (κ3) is 4.83. The van der Waals surface area contributed by atoms with Crippen LogP contribution in [0.4, 0.5) is 0 Å². The summed E-state index contributed by atoms with van der Waals surface area (Å²) in [5.74, 6) is 0. The van der Waals surface area contributed by atoms with Crippen LogP contribution in [0, 0.1) is 0 Å². The van der Waals surface area contributed by atoms with E-state index in [2.05, 4.69) is 39.2 Å². The molecule has 2 N–H and O–H groups in total. The van der Waals surface area contributed by atoms with E-state index in [4.69, 9.17) is 5.73 Å². The predicted molar refractivity (Wildman–Crippen MR) is 74.0 cm³/mol. The zero-order valence-electron chi connectivity index (χ0n) is 10.9. The van der Waals surface area contributed by atoms with Crippen molar-refractivity contribution in [2.24, 2.45) is 5.73 Å². The van der Waals surface area contributed by atoms with Gasteiger partial charge in [0.2, 0.25) is 0 Å². The molecule has 0 aliphatic carbocycles. The Balaban J connectivity index is 5.28. The molecule has 0 aliphatic rings. The first kappa shape index (κ1) is 14.5. The van der Waals surface area contributed by atoms with Crippen LogP contribution >= 0.6 is 0 Å². The van der Waals surface area contributed by atoms with Gasteiger partial charge in [-0.3, -0.25) is 0 Å². The van der Waals surface area contributed by atoms with Crippen molar-refractivity contribution in [3.05, 3.63) is 59.4 Å². The molecule has 1 nitrogen and oxygen atoms in total. The van der Waals surface area contributed by atoms with Crippen LogP contribution in [0.5, 0.6) is 0 Å². The maximum Gasteiger partial charge on any atom is 0.0343 e. The Morgan fingerprint density at radius 2 is 1.75 bits per heavy atom. The summed E-state index contributed by atoms with van der Waals surface area (Å²) in [6.07, 6.45) is 7.03. The van der Waals surface area contributed by atoms with Crippen molar-refractivity contribution in [2.75, 3.05) is 0 Å². The van der Waals surface area contributed by atoms with Crippen LogP contribution in [-0.2, 0) is 0 Å². The zero-order valence-corrected chi connectivity index (χ0v) is 10.9. The van der Waals surface area contributed by atoms with Crippen molar-refractivity contribution in [2.45, 2.75) is 34.1 Å². The van der Waals surface area contributed by atoms with Crippen LogP contribution in [0.25, 0.3) is 0 Å². The summed E-state index contributed by atoms with van der Waals surface area (Å²) in [5, 5.41) is 0. The van der Waals surface area contributed by atoms with E-state index in [0.29, 0.717) is 5.70 Å².